The normalized spacial score (nSPS) is 12.6. The van der Waals surface area contributed by atoms with Crippen molar-refractivity contribution in [3.63, 3.8) is 0 Å². The van der Waals surface area contributed by atoms with Gasteiger partial charge in [-0.15, -0.1) is 13.2 Å². The van der Waals surface area contributed by atoms with E-state index in [1.165, 1.54) is 24.4 Å². The summed E-state index contributed by atoms with van der Waals surface area (Å²) in [5, 5.41) is 3.11. The minimum absolute atomic E-state index is 0.0418. The maximum atomic E-state index is 13.8. The molecule has 2 aromatic carbocycles. The number of rotatable bonds is 4. The Bertz CT molecular complexity index is 989. The molecule has 0 radical (unpaired) electrons. The van der Waals surface area contributed by atoms with Crippen LogP contribution in [-0.2, 0) is 0 Å². The zero-order valence-electron chi connectivity index (χ0n) is 14.0. The zero-order valence-corrected chi connectivity index (χ0v) is 14.0. The van der Waals surface area contributed by atoms with Crippen molar-refractivity contribution in [2.45, 2.75) is 19.3 Å². The first-order chi connectivity index (χ1) is 12.7. The molecule has 0 saturated carbocycles. The predicted molar refractivity (Wildman–Crippen MR) is 90.7 cm³/mol. The van der Waals surface area contributed by atoms with Gasteiger partial charge in [0, 0.05) is 11.6 Å². The molecule has 0 fully saturated rings. The van der Waals surface area contributed by atoms with E-state index in [0.29, 0.717) is 16.5 Å². The number of amides is 1. The number of aromatic nitrogens is 1. The second-order valence-corrected chi connectivity index (χ2v) is 5.84. The molecule has 0 aliphatic rings. The highest BCUT2D eigenvalue weighted by molar-refractivity contribution is 6.05. The highest BCUT2D eigenvalue weighted by Crippen LogP contribution is 2.26. The van der Waals surface area contributed by atoms with Crippen LogP contribution in [0.2, 0.25) is 0 Å². The molecule has 0 aliphatic carbocycles. The summed E-state index contributed by atoms with van der Waals surface area (Å²) in [6, 6.07) is 10.2. The minimum atomic E-state index is -4.81. The van der Waals surface area contributed by atoms with Gasteiger partial charge in [0.1, 0.15) is 11.6 Å². The molecule has 8 heteroatoms. The second kappa shape index (κ2) is 7.22. The molecule has 0 saturated heterocycles. The van der Waals surface area contributed by atoms with Gasteiger partial charge in [0.2, 0.25) is 0 Å². The van der Waals surface area contributed by atoms with Crippen LogP contribution in [0.5, 0.6) is 5.75 Å². The largest absolute Gasteiger partial charge is 0.573 e. The van der Waals surface area contributed by atoms with Crippen molar-refractivity contribution in [3.8, 4) is 5.75 Å². The fraction of sp³-hybridized carbons (Fsp3) is 0.158. The number of hydrogen-bond acceptors (Lipinski definition) is 3. The number of pyridine rings is 1. The van der Waals surface area contributed by atoms with E-state index in [1.54, 1.807) is 25.1 Å². The van der Waals surface area contributed by atoms with Crippen LogP contribution in [0, 0.1) is 5.82 Å². The van der Waals surface area contributed by atoms with Crippen molar-refractivity contribution in [1.82, 2.24) is 10.3 Å². The van der Waals surface area contributed by atoms with Crippen molar-refractivity contribution < 1.29 is 27.1 Å². The van der Waals surface area contributed by atoms with Crippen LogP contribution in [0.3, 0.4) is 0 Å². The summed E-state index contributed by atoms with van der Waals surface area (Å²) in [4.78, 5) is 16.7. The Kier molecular flexibility index (Phi) is 4.98. The molecule has 0 aliphatic heterocycles. The molecule has 3 aromatic rings. The average molecular weight is 378 g/mol. The summed E-state index contributed by atoms with van der Waals surface area (Å²) in [6.45, 7) is 1.60. The summed E-state index contributed by atoms with van der Waals surface area (Å²) < 4.78 is 54.8. The Hall–Kier alpha value is -3.16. The van der Waals surface area contributed by atoms with Gasteiger partial charge in [-0.05, 0) is 42.8 Å². The lowest BCUT2D eigenvalue weighted by atomic mass is 10.1. The lowest BCUT2D eigenvalue weighted by Crippen LogP contribution is -2.27. The average Bonchev–Trinajstić information content (AvgIpc) is 2.59. The van der Waals surface area contributed by atoms with Crippen LogP contribution in [0.4, 0.5) is 17.6 Å². The molecule has 1 unspecified atom stereocenters. The first-order valence-corrected chi connectivity index (χ1v) is 7.94. The molecule has 1 atom stereocenters. The molecule has 1 N–H and O–H groups in total. The number of halogens is 4. The smallest absolute Gasteiger partial charge is 0.406 e. The van der Waals surface area contributed by atoms with Gasteiger partial charge in [0.15, 0.2) is 0 Å². The lowest BCUT2D eigenvalue weighted by molar-refractivity contribution is -0.274. The fourth-order valence-corrected chi connectivity index (χ4v) is 2.67. The van der Waals surface area contributed by atoms with Gasteiger partial charge in [0.25, 0.3) is 5.91 Å². The SMILES string of the molecule is CC(NC(=O)c1cc(F)cc2cccnc12)c1cccc(OC(F)(F)F)c1. The molecule has 0 spiro atoms. The molecule has 1 aromatic heterocycles. The number of alkyl halides is 3. The van der Waals surface area contributed by atoms with Crippen LogP contribution in [-0.4, -0.2) is 17.3 Å². The quantitative estimate of drug-likeness (QED) is 0.666. The second-order valence-electron chi connectivity index (χ2n) is 5.84. The van der Waals surface area contributed by atoms with Gasteiger partial charge in [-0.25, -0.2) is 4.39 Å². The standard InChI is InChI=1S/C19H14F4N2O2/c1-11(12-4-2-6-15(9-12)27-19(21,22)23)25-18(26)16-10-14(20)8-13-5-3-7-24-17(13)16/h2-11H,1H3,(H,25,26). The van der Waals surface area contributed by atoms with Crippen molar-refractivity contribution in [2.75, 3.05) is 0 Å². The monoisotopic (exact) mass is 378 g/mol. The number of ether oxygens (including phenoxy) is 1. The van der Waals surface area contributed by atoms with E-state index in [1.807, 2.05) is 0 Å². The van der Waals surface area contributed by atoms with Gasteiger partial charge in [-0.1, -0.05) is 18.2 Å². The highest BCUT2D eigenvalue weighted by Gasteiger charge is 2.31. The summed E-state index contributed by atoms with van der Waals surface area (Å²) in [7, 11) is 0. The lowest BCUT2D eigenvalue weighted by Gasteiger charge is -2.17. The van der Waals surface area contributed by atoms with E-state index < -0.39 is 24.1 Å². The van der Waals surface area contributed by atoms with Crippen molar-refractivity contribution in [2.24, 2.45) is 0 Å². The number of carbonyl (C=O) groups excluding carboxylic acids is 1. The van der Waals surface area contributed by atoms with Crippen molar-refractivity contribution in [3.05, 3.63) is 71.7 Å². The van der Waals surface area contributed by atoms with E-state index in [4.69, 9.17) is 0 Å². The third-order valence-corrected chi connectivity index (χ3v) is 3.85. The maximum Gasteiger partial charge on any atom is 0.573 e. The van der Waals surface area contributed by atoms with E-state index in [2.05, 4.69) is 15.0 Å². The van der Waals surface area contributed by atoms with Crippen LogP contribution in [0.25, 0.3) is 10.9 Å². The first kappa shape index (κ1) is 18.6. The van der Waals surface area contributed by atoms with E-state index in [0.717, 1.165) is 12.1 Å². The molecule has 27 heavy (non-hydrogen) atoms. The van der Waals surface area contributed by atoms with E-state index in [9.17, 15) is 22.4 Å². The third kappa shape index (κ3) is 4.52. The number of hydrogen-bond donors (Lipinski definition) is 1. The van der Waals surface area contributed by atoms with Crippen molar-refractivity contribution >= 4 is 16.8 Å². The zero-order chi connectivity index (χ0) is 19.6. The van der Waals surface area contributed by atoms with Gasteiger partial charge in [-0.2, -0.15) is 0 Å². The topological polar surface area (TPSA) is 51.2 Å². The third-order valence-electron chi connectivity index (χ3n) is 3.85. The Morgan fingerprint density at radius 2 is 1.93 bits per heavy atom. The molecular weight excluding hydrogens is 364 g/mol. The van der Waals surface area contributed by atoms with Crippen LogP contribution < -0.4 is 10.1 Å². The van der Waals surface area contributed by atoms with Gasteiger partial charge >= 0.3 is 6.36 Å². The molecule has 4 nitrogen and oxygen atoms in total. The molecule has 1 heterocycles. The number of nitrogens with one attached hydrogen (secondary N) is 1. The summed E-state index contributed by atoms with van der Waals surface area (Å²) in [5.41, 5.74) is 0.775. The highest BCUT2D eigenvalue weighted by atomic mass is 19.4. The predicted octanol–water partition coefficient (Wildman–Crippen LogP) is 4.76. The van der Waals surface area contributed by atoms with Crippen LogP contribution in [0.1, 0.15) is 28.9 Å². The maximum absolute atomic E-state index is 13.8. The van der Waals surface area contributed by atoms with Gasteiger partial charge in [-0.3, -0.25) is 9.78 Å². The van der Waals surface area contributed by atoms with Crippen molar-refractivity contribution in [1.29, 1.82) is 0 Å². The Labute approximate surface area is 151 Å². The van der Waals surface area contributed by atoms with Crippen LogP contribution in [0.15, 0.2) is 54.7 Å². The Balaban J connectivity index is 1.84. The van der Waals surface area contributed by atoms with Gasteiger partial charge < -0.3 is 10.1 Å². The Morgan fingerprint density at radius 1 is 1.15 bits per heavy atom. The number of carbonyl (C=O) groups is 1. The Morgan fingerprint density at radius 3 is 2.67 bits per heavy atom. The summed E-state index contributed by atoms with van der Waals surface area (Å²) in [5.74, 6) is -1.57. The van der Waals surface area contributed by atoms with Crippen LogP contribution >= 0.6 is 0 Å². The number of benzene rings is 2. The van der Waals surface area contributed by atoms with E-state index in [-0.39, 0.29) is 11.3 Å². The number of fused-ring (bicyclic) bond motifs is 1. The summed E-state index contributed by atoms with van der Waals surface area (Å²) >= 11 is 0. The minimum Gasteiger partial charge on any atom is -0.406 e. The fourth-order valence-electron chi connectivity index (χ4n) is 2.67. The van der Waals surface area contributed by atoms with Gasteiger partial charge in [0.05, 0.1) is 17.1 Å². The first-order valence-electron chi connectivity index (χ1n) is 7.94. The molecule has 140 valence electrons. The van der Waals surface area contributed by atoms with E-state index >= 15 is 0 Å². The molecule has 1 amide bonds. The summed E-state index contributed by atoms with van der Waals surface area (Å²) in [6.07, 6.45) is -3.32. The number of nitrogens with zero attached hydrogens (tertiary/aromatic N) is 1. The molecule has 3 rings (SSSR count). The molecular formula is C19H14F4N2O2. The molecule has 0 bridgehead atoms.